The number of carbonyl (C=O) groups excluding carboxylic acids is 1. The first-order valence-corrected chi connectivity index (χ1v) is 20.2. The fraction of sp³-hybridized carbons (Fsp3) is 0.811. The molecule has 47 heavy (non-hydrogen) atoms. The second-order valence-corrected chi connectivity index (χ2v) is 14.1. The number of nitrogens with one attached hydrogen (secondary N) is 1. The smallest absolute Gasteiger partial charge is 0.393 e. The van der Waals surface area contributed by atoms with Crippen molar-refractivity contribution < 1.29 is 33.5 Å². The Morgan fingerprint density at radius 2 is 1.21 bits per heavy atom. The van der Waals surface area contributed by atoms with E-state index in [1.54, 1.807) is 6.08 Å². The summed E-state index contributed by atoms with van der Waals surface area (Å²) in [5.41, 5.74) is 5.33. The molecule has 9 nitrogen and oxygen atoms in total. The van der Waals surface area contributed by atoms with E-state index >= 15 is 0 Å². The standard InChI is InChI=1S/C37H71N2O7P/c1-3-5-7-9-11-13-15-17-18-20-22-24-26-28-34(40)32-37(42)39-35(33-46-47(43,44)45-31-30-38)36(41)29-27-25-23-21-19-16-14-12-10-8-6-4-2/h10,12,19,21,27,29,34-36,40-41H,3-9,11,13-18,20,22-26,28,30-33,38H2,1-2H3,(H,39,42)(H,43,44)/b12-10+,21-19+,29-27+. The second-order valence-electron chi connectivity index (χ2n) is 12.6. The molecule has 0 aliphatic carbocycles. The van der Waals surface area contributed by atoms with Gasteiger partial charge in [-0.15, -0.1) is 0 Å². The lowest BCUT2D eigenvalue weighted by atomic mass is 10.0. The Morgan fingerprint density at radius 1 is 0.723 bits per heavy atom. The zero-order chi connectivity index (χ0) is 34.9. The van der Waals surface area contributed by atoms with Gasteiger partial charge in [-0.25, -0.2) is 4.57 Å². The molecule has 6 N–H and O–H groups in total. The van der Waals surface area contributed by atoms with Crippen LogP contribution < -0.4 is 11.1 Å². The van der Waals surface area contributed by atoms with Crippen LogP contribution in [0.25, 0.3) is 0 Å². The third-order valence-corrected chi connectivity index (χ3v) is 8.99. The van der Waals surface area contributed by atoms with Crippen LogP contribution in [0.1, 0.15) is 155 Å². The zero-order valence-corrected chi connectivity index (χ0v) is 30.8. The highest BCUT2D eigenvalue weighted by Gasteiger charge is 2.27. The molecule has 0 heterocycles. The highest BCUT2D eigenvalue weighted by Crippen LogP contribution is 2.43. The maximum atomic E-state index is 12.7. The van der Waals surface area contributed by atoms with Gasteiger partial charge in [0, 0.05) is 6.54 Å². The lowest BCUT2D eigenvalue weighted by Gasteiger charge is -2.24. The van der Waals surface area contributed by atoms with Crippen molar-refractivity contribution in [3.05, 3.63) is 36.5 Å². The summed E-state index contributed by atoms with van der Waals surface area (Å²) in [5, 5.41) is 23.9. The fourth-order valence-corrected chi connectivity index (χ4v) is 5.89. The van der Waals surface area contributed by atoms with Gasteiger partial charge in [0.25, 0.3) is 0 Å². The fourth-order valence-electron chi connectivity index (χ4n) is 5.13. The van der Waals surface area contributed by atoms with Crippen molar-refractivity contribution in [1.29, 1.82) is 0 Å². The van der Waals surface area contributed by atoms with Gasteiger partial charge in [-0.1, -0.05) is 147 Å². The van der Waals surface area contributed by atoms with Crippen LogP contribution in [-0.2, 0) is 18.4 Å². The summed E-state index contributed by atoms with van der Waals surface area (Å²) in [6.45, 7) is 3.86. The molecule has 0 aromatic heterocycles. The van der Waals surface area contributed by atoms with Gasteiger partial charge in [-0.3, -0.25) is 13.8 Å². The van der Waals surface area contributed by atoms with Crippen LogP contribution in [0, 0.1) is 0 Å². The number of phosphoric acid groups is 1. The first-order valence-electron chi connectivity index (χ1n) is 18.7. The molecule has 4 unspecified atom stereocenters. The average molecular weight is 687 g/mol. The first-order chi connectivity index (χ1) is 22.8. The molecule has 1 amide bonds. The predicted molar refractivity (Wildman–Crippen MR) is 195 cm³/mol. The van der Waals surface area contributed by atoms with E-state index in [4.69, 9.17) is 14.8 Å². The van der Waals surface area contributed by atoms with Crippen LogP contribution in [0.3, 0.4) is 0 Å². The van der Waals surface area contributed by atoms with E-state index in [1.165, 1.54) is 77.0 Å². The van der Waals surface area contributed by atoms with E-state index in [9.17, 15) is 24.5 Å². The number of aliphatic hydroxyl groups is 2. The molecule has 0 fully saturated rings. The number of nitrogens with two attached hydrogens (primary N) is 1. The molecule has 0 radical (unpaired) electrons. The van der Waals surface area contributed by atoms with Crippen LogP contribution in [0.2, 0.25) is 0 Å². The predicted octanol–water partition coefficient (Wildman–Crippen LogP) is 8.58. The maximum absolute atomic E-state index is 12.7. The molecule has 0 spiro atoms. The molecule has 0 aromatic carbocycles. The zero-order valence-electron chi connectivity index (χ0n) is 29.9. The molecule has 0 bridgehead atoms. The topological polar surface area (TPSA) is 151 Å². The molecule has 276 valence electrons. The third kappa shape index (κ3) is 31.7. The molecule has 10 heteroatoms. The normalized spacial score (nSPS) is 15.4. The number of phosphoric ester groups is 1. The third-order valence-electron chi connectivity index (χ3n) is 8.00. The summed E-state index contributed by atoms with van der Waals surface area (Å²) in [7, 11) is -4.40. The van der Waals surface area contributed by atoms with Crippen LogP contribution in [0.5, 0.6) is 0 Å². The molecule has 0 saturated carbocycles. The molecule has 0 aliphatic heterocycles. The summed E-state index contributed by atoms with van der Waals surface area (Å²) in [5.74, 6) is -0.462. The van der Waals surface area contributed by atoms with Crippen molar-refractivity contribution >= 4 is 13.7 Å². The van der Waals surface area contributed by atoms with Crippen molar-refractivity contribution in [2.24, 2.45) is 5.73 Å². The van der Waals surface area contributed by atoms with E-state index < -0.39 is 38.6 Å². The molecule has 0 aromatic rings. The van der Waals surface area contributed by atoms with Crippen LogP contribution >= 0.6 is 7.82 Å². The summed E-state index contributed by atoms with van der Waals surface area (Å²) < 4.78 is 21.9. The van der Waals surface area contributed by atoms with E-state index in [0.717, 1.165) is 44.9 Å². The van der Waals surface area contributed by atoms with Crippen LogP contribution in [-0.4, -0.2) is 59.0 Å². The van der Waals surface area contributed by atoms with Gasteiger partial charge < -0.3 is 26.2 Å². The van der Waals surface area contributed by atoms with E-state index in [-0.39, 0.29) is 19.6 Å². The van der Waals surface area contributed by atoms with Gasteiger partial charge in [0.1, 0.15) is 0 Å². The van der Waals surface area contributed by atoms with Crippen molar-refractivity contribution in [2.75, 3.05) is 19.8 Å². The van der Waals surface area contributed by atoms with Gasteiger partial charge in [0.2, 0.25) is 5.91 Å². The second kappa shape index (κ2) is 33.2. The van der Waals surface area contributed by atoms with E-state index in [0.29, 0.717) is 12.8 Å². The highest BCUT2D eigenvalue weighted by molar-refractivity contribution is 7.47. The van der Waals surface area contributed by atoms with Crippen molar-refractivity contribution in [3.8, 4) is 0 Å². The summed E-state index contributed by atoms with van der Waals surface area (Å²) in [4.78, 5) is 22.6. The number of hydrogen-bond acceptors (Lipinski definition) is 7. The Hall–Kier alpha value is -1.32. The van der Waals surface area contributed by atoms with Gasteiger partial charge in [-0.2, -0.15) is 0 Å². The summed E-state index contributed by atoms with van der Waals surface area (Å²) in [6, 6.07) is -1.00. The number of aliphatic hydroxyl groups excluding tert-OH is 2. The number of hydrogen-bond donors (Lipinski definition) is 5. The number of rotatable bonds is 34. The maximum Gasteiger partial charge on any atom is 0.472 e. The molecule has 0 saturated heterocycles. The van der Waals surface area contributed by atoms with Crippen LogP contribution in [0.15, 0.2) is 36.5 Å². The molecule has 4 atom stereocenters. The van der Waals surface area contributed by atoms with Crippen molar-refractivity contribution in [2.45, 2.75) is 173 Å². The minimum atomic E-state index is -4.40. The molecule has 0 aliphatic rings. The van der Waals surface area contributed by atoms with Crippen LogP contribution in [0.4, 0.5) is 0 Å². The number of allylic oxidation sites excluding steroid dienone is 5. The Kier molecular flexibility index (Phi) is 32.3. The Labute approximate surface area is 287 Å². The monoisotopic (exact) mass is 686 g/mol. The summed E-state index contributed by atoms with van der Waals surface area (Å²) >= 11 is 0. The molecule has 0 rings (SSSR count). The Balaban J connectivity index is 4.50. The number of unbranched alkanes of at least 4 members (excludes halogenated alkanes) is 16. The quantitative estimate of drug-likeness (QED) is 0.0257. The minimum Gasteiger partial charge on any atom is -0.393 e. The lowest BCUT2D eigenvalue weighted by Crippen LogP contribution is -2.46. The average Bonchev–Trinajstić information content (AvgIpc) is 3.04. The van der Waals surface area contributed by atoms with E-state index in [1.807, 2.05) is 6.08 Å². The molecular weight excluding hydrogens is 615 g/mol. The van der Waals surface area contributed by atoms with E-state index in [2.05, 4.69) is 43.5 Å². The lowest BCUT2D eigenvalue weighted by molar-refractivity contribution is -0.124. The Bertz CT molecular complexity index is 853. The number of carbonyl (C=O) groups is 1. The first kappa shape index (κ1) is 45.7. The van der Waals surface area contributed by atoms with Gasteiger partial charge in [0.05, 0.1) is 37.9 Å². The SMILES string of the molecule is CCCC/C=C/CC/C=C/CC/C=C/C(O)C(COP(=O)(O)OCCN)NC(=O)CC(O)CCCCCCCCCCCCCCC. The van der Waals surface area contributed by atoms with Crippen molar-refractivity contribution in [3.63, 3.8) is 0 Å². The summed E-state index contributed by atoms with van der Waals surface area (Å²) in [6.07, 6.45) is 33.7. The largest absolute Gasteiger partial charge is 0.472 e. The van der Waals surface area contributed by atoms with Gasteiger partial charge >= 0.3 is 7.82 Å². The molecular formula is C37H71N2O7P. The van der Waals surface area contributed by atoms with Gasteiger partial charge in [-0.05, 0) is 38.5 Å². The number of amides is 1. The van der Waals surface area contributed by atoms with Gasteiger partial charge in [0.15, 0.2) is 0 Å². The highest BCUT2D eigenvalue weighted by atomic mass is 31.2. The Morgan fingerprint density at radius 3 is 1.74 bits per heavy atom. The van der Waals surface area contributed by atoms with Crippen molar-refractivity contribution in [1.82, 2.24) is 5.32 Å². The minimum absolute atomic E-state index is 0.0423.